The Bertz CT molecular complexity index is 1770. The standard InChI is InChI=1S/C34H35F3N6O2S/c1-20(2)29-12-5-21(3)13-30(29)42-17-22(4)18-46-33(42)40-32(44)39-26-15-23-6-7-24(14-25(23)16-26)31-38-19-43(41-31)27-8-10-28(11-9-27)45-34(35,36)37/h5-14,19-20,22,26H,15-18H2,1-4H3,(H,39,44). The van der Waals surface area contributed by atoms with Gasteiger partial charge in [-0.25, -0.2) is 14.5 Å². The predicted octanol–water partition coefficient (Wildman–Crippen LogP) is 7.69. The molecule has 1 aromatic heterocycles. The Hall–Kier alpha value is -4.32. The Morgan fingerprint density at radius 1 is 1.07 bits per heavy atom. The lowest BCUT2D eigenvalue weighted by Gasteiger charge is -2.35. The largest absolute Gasteiger partial charge is 0.573 e. The molecule has 8 nitrogen and oxygen atoms in total. The highest BCUT2D eigenvalue weighted by atomic mass is 32.2. The Morgan fingerprint density at radius 3 is 2.57 bits per heavy atom. The van der Waals surface area contributed by atoms with Crippen molar-refractivity contribution in [1.29, 1.82) is 0 Å². The summed E-state index contributed by atoms with van der Waals surface area (Å²) in [6.45, 7) is 9.48. The van der Waals surface area contributed by atoms with Gasteiger partial charge in [0.05, 0.1) is 5.69 Å². The highest BCUT2D eigenvalue weighted by Gasteiger charge is 2.31. The number of amidine groups is 1. The van der Waals surface area contributed by atoms with Crippen molar-refractivity contribution in [3.05, 3.63) is 89.2 Å². The van der Waals surface area contributed by atoms with Crippen LogP contribution in [0.15, 0.2) is 72.0 Å². The summed E-state index contributed by atoms with van der Waals surface area (Å²) in [6, 6.07) is 17.5. The van der Waals surface area contributed by atoms with Gasteiger partial charge in [0, 0.05) is 29.6 Å². The number of nitrogens with one attached hydrogen (secondary N) is 1. The molecule has 4 aromatic rings. The van der Waals surface area contributed by atoms with Crippen LogP contribution < -0.4 is 15.0 Å². The number of anilines is 1. The van der Waals surface area contributed by atoms with Gasteiger partial charge in [-0.15, -0.1) is 18.3 Å². The number of fused-ring (bicyclic) bond motifs is 1. The van der Waals surface area contributed by atoms with Gasteiger partial charge in [-0.05, 0) is 90.3 Å². The number of aryl methyl sites for hydroxylation is 1. The van der Waals surface area contributed by atoms with Crippen LogP contribution in [0.4, 0.5) is 23.7 Å². The van der Waals surface area contributed by atoms with Gasteiger partial charge in [0.2, 0.25) is 0 Å². The molecule has 1 N–H and O–H groups in total. The van der Waals surface area contributed by atoms with E-state index >= 15 is 0 Å². The SMILES string of the molecule is Cc1ccc(C(C)C)c(N2CC(C)CSC2=NC(=O)NC2Cc3ccc(-c4ncn(-c5ccc(OC(F)(F)F)cc5)n4)cc3C2)c1. The van der Waals surface area contributed by atoms with Gasteiger partial charge in [-0.2, -0.15) is 4.99 Å². The minimum atomic E-state index is -4.75. The number of benzene rings is 3. The summed E-state index contributed by atoms with van der Waals surface area (Å²) < 4.78 is 42.9. The van der Waals surface area contributed by atoms with E-state index in [9.17, 15) is 18.0 Å². The maximum absolute atomic E-state index is 13.3. The molecule has 46 heavy (non-hydrogen) atoms. The molecule has 0 radical (unpaired) electrons. The smallest absolute Gasteiger partial charge is 0.406 e. The molecule has 12 heteroatoms. The Morgan fingerprint density at radius 2 is 1.83 bits per heavy atom. The molecule has 1 aliphatic heterocycles. The number of halogens is 3. The fourth-order valence-electron chi connectivity index (χ4n) is 5.88. The normalized spacial score (nSPS) is 19.0. The Balaban J connectivity index is 1.13. The van der Waals surface area contributed by atoms with E-state index in [0.717, 1.165) is 39.8 Å². The van der Waals surface area contributed by atoms with E-state index in [4.69, 9.17) is 0 Å². The second-order valence-electron chi connectivity index (χ2n) is 12.2. The maximum Gasteiger partial charge on any atom is 0.573 e. The van der Waals surface area contributed by atoms with E-state index in [1.807, 2.05) is 18.2 Å². The monoisotopic (exact) mass is 648 g/mol. The predicted molar refractivity (Wildman–Crippen MR) is 175 cm³/mol. The summed E-state index contributed by atoms with van der Waals surface area (Å²) >= 11 is 1.62. The molecular weight excluding hydrogens is 613 g/mol. The summed E-state index contributed by atoms with van der Waals surface area (Å²) in [5.74, 6) is 1.89. The van der Waals surface area contributed by atoms with Crippen LogP contribution in [0.1, 0.15) is 48.9 Å². The van der Waals surface area contributed by atoms with E-state index in [-0.39, 0.29) is 17.8 Å². The number of rotatable bonds is 6. The maximum atomic E-state index is 13.3. The number of alkyl halides is 3. The van der Waals surface area contributed by atoms with Gasteiger partial charge in [0.25, 0.3) is 0 Å². The minimum Gasteiger partial charge on any atom is -0.406 e. The fourth-order valence-corrected chi connectivity index (χ4v) is 6.90. The average molecular weight is 649 g/mol. The van der Waals surface area contributed by atoms with Crippen LogP contribution in [0.2, 0.25) is 0 Å². The van der Waals surface area contributed by atoms with Crippen molar-refractivity contribution >= 4 is 28.6 Å². The lowest BCUT2D eigenvalue weighted by molar-refractivity contribution is -0.274. The third-order valence-corrected chi connectivity index (χ3v) is 9.37. The molecule has 1 saturated heterocycles. The molecule has 0 spiro atoms. The zero-order valence-electron chi connectivity index (χ0n) is 26.0. The van der Waals surface area contributed by atoms with Gasteiger partial charge in [-0.3, -0.25) is 0 Å². The number of carbonyl (C=O) groups is 1. The molecule has 3 aromatic carbocycles. The number of ether oxygens (including phenoxy) is 1. The number of hydrogen-bond acceptors (Lipinski definition) is 5. The third-order valence-electron chi connectivity index (χ3n) is 8.07. The van der Waals surface area contributed by atoms with Crippen LogP contribution in [0.5, 0.6) is 5.75 Å². The number of aromatic nitrogens is 3. The van der Waals surface area contributed by atoms with Crippen LogP contribution >= 0.6 is 11.8 Å². The Labute approximate surface area is 270 Å². The van der Waals surface area contributed by atoms with Crippen molar-refractivity contribution in [2.45, 2.75) is 58.9 Å². The zero-order valence-corrected chi connectivity index (χ0v) is 26.8. The number of nitrogens with zero attached hydrogens (tertiary/aromatic N) is 5. The van der Waals surface area contributed by atoms with Gasteiger partial charge in [-0.1, -0.05) is 56.8 Å². The van der Waals surface area contributed by atoms with E-state index in [1.165, 1.54) is 46.4 Å². The number of urea groups is 1. The molecule has 2 amide bonds. The first-order chi connectivity index (χ1) is 21.9. The first kappa shape index (κ1) is 31.7. The van der Waals surface area contributed by atoms with Crippen LogP contribution in [0, 0.1) is 12.8 Å². The number of amides is 2. The second kappa shape index (κ2) is 12.8. The van der Waals surface area contributed by atoms with Crippen LogP contribution in [0.3, 0.4) is 0 Å². The summed E-state index contributed by atoms with van der Waals surface area (Å²) in [5, 5.41) is 8.37. The summed E-state index contributed by atoms with van der Waals surface area (Å²) in [4.78, 5) is 24.4. The topological polar surface area (TPSA) is 84.6 Å². The minimum absolute atomic E-state index is 0.0868. The third kappa shape index (κ3) is 7.22. The molecule has 240 valence electrons. The van der Waals surface area contributed by atoms with E-state index in [2.05, 4.69) is 75.9 Å². The zero-order chi connectivity index (χ0) is 32.6. The first-order valence-corrected chi connectivity index (χ1v) is 16.2. The van der Waals surface area contributed by atoms with Crippen LogP contribution in [-0.4, -0.2) is 50.7 Å². The highest BCUT2D eigenvalue weighted by Crippen LogP contribution is 2.35. The number of aliphatic imine (C=N–C) groups is 1. The highest BCUT2D eigenvalue weighted by molar-refractivity contribution is 8.14. The molecule has 1 aliphatic carbocycles. The van der Waals surface area contributed by atoms with Gasteiger partial charge >= 0.3 is 12.4 Å². The van der Waals surface area contributed by atoms with Crippen molar-refractivity contribution in [3.63, 3.8) is 0 Å². The van der Waals surface area contributed by atoms with Crippen molar-refractivity contribution < 1.29 is 22.7 Å². The summed E-state index contributed by atoms with van der Waals surface area (Å²) in [7, 11) is 0. The fraction of sp³-hybridized carbons (Fsp3) is 0.353. The first-order valence-electron chi connectivity index (χ1n) is 15.2. The van der Waals surface area contributed by atoms with Gasteiger partial charge in [0.1, 0.15) is 12.1 Å². The summed E-state index contributed by atoms with van der Waals surface area (Å²) in [5.41, 5.74) is 7.13. The molecule has 2 heterocycles. The van der Waals surface area contributed by atoms with Crippen molar-refractivity contribution in [2.24, 2.45) is 10.9 Å². The van der Waals surface area contributed by atoms with Crippen molar-refractivity contribution in [1.82, 2.24) is 20.1 Å². The molecule has 0 saturated carbocycles. The van der Waals surface area contributed by atoms with Crippen LogP contribution in [0.25, 0.3) is 17.1 Å². The van der Waals surface area contributed by atoms with E-state index in [0.29, 0.717) is 36.2 Å². The molecule has 2 unspecified atom stereocenters. The Kier molecular flexibility index (Phi) is 8.82. The lowest BCUT2D eigenvalue weighted by atomic mass is 9.98. The van der Waals surface area contributed by atoms with Gasteiger partial charge in [0.15, 0.2) is 11.0 Å². The van der Waals surface area contributed by atoms with Crippen molar-refractivity contribution in [3.8, 4) is 22.8 Å². The lowest BCUT2D eigenvalue weighted by Crippen LogP contribution is -2.41. The number of hydrogen-bond donors (Lipinski definition) is 1. The molecule has 2 aliphatic rings. The molecule has 6 rings (SSSR count). The van der Waals surface area contributed by atoms with Crippen LogP contribution in [-0.2, 0) is 12.8 Å². The van der Waals surface area contributed by atoms with E-state index < -0.39 is 6.36 Å². The van der Waals surface area contributed by atoms with Crippen molar-refractivity contribution in [2.75, 3.05) is 17.2 Å². The summed E-state index contributed by atoms with van der Waals surface area (Å²) in [6.07, 6.45) is -1.88. The molecule has 2 atom stereocenters. The van der Waals surface area contributed by atoms with E-state index in [1.54, 1.807) is 11.8 Å². The average Bonchev–Trinajstić information content (AvgIpc) is 3.64. The second-order valence-corrected chi connectivity index (χ2v) is 13.2. The number of carbonyl (C=O) groups excluding carboxylic acids is 1. The van der Waals surface area contributed by atoms with Gasteiger partial charge < -0.3 is 15.0 Å². The molecular formula is C34H35F3N6O2S. The number of thioether (sulfide) groups is 1. The molecule has 0 bridgehead atoms. The molecule has 1 fully saturated rings. The quantitative estimate of drug-likeness (QED) is 0.231.